The minimum Gasteiger partial charge on any atom is -0.387 e. The highest BCUT2D eigenvalue weighted by molar-refractivity contribution is 6.01. The fourth-order valence-electron chi connectivity index (χ4n) is 3.55. The minimum atomic E-state index is -0.717. The van der Waals surface area contributed by atoms with Crippen LogP contribution in [0, 0.1) is 6.92 Å². The number of aliphatic hydroxyl groups is 1. The average Bonchev–Trinajstić information content (AvgIpc) is 3.21. The molecule has 2 heterocycles. The first-order valence-corrected chi connectivity index (χ1v) is 9.90. The van der Waals surface area contributed by atoms with Gasteiger partial charge in [-0.3, -0.25) is 9.79 Å². The number of H-pyrrole nitrogens is 2. The van der Waals surface area contributed by atoms with E-state index < -0.39 is 6.10 Å². The van der Waals surface area contributed by atoms with Crippen molar-refractivity contribution in [3.8, 4) is 11.4 Å². The summed E-state index contributed by atoms with van der Waals surface area (Å²) in [6.07, 6.45) is 0.846. The van der Waals surface area contributed by atoms with Crippen molar-refractivity contribution in [2.45, 2.75) is 13.0 Å². The zero-order chi connectivity index (χ0) is 22.0. The summed E-state index contributed by atoms with van der Waals surface area (Å²) in [6, 6.07) is 14.9. The van der Waals surface area contributed by atoms with E-state index >= 15 is 0 Å². The van der Waals surface area contributed by atoms with Gasteiger partial charge in [-0.15, -0.1) is 0 Å². The van der Waals surface area contributed by atoms with Gasteiger partial charge in [-0.05, 0) is 36.2 Å². The molecule has 0 aliphatic heterocycles. The number of pyridine rings is 1. The Bertz CT molecular complexity index is 1310. The topological polar surface area (TPSA) is 132 Å². The van der Waals surface area contributed by atoms with E-state index in [1.165, 1.54) is 0 Å². The van der Waals surface area contributed by atoms with Gasteiger partial charge in [-0.25, -0.2) is 4.98 Å². The van der Waals surface area contributed by atoms with Crippen LogP contribution < -0.4 is 16.6 Å². The number of imidazole rings is 1. The molecule has 0 aliphatic rings. The van der Waals surface area contributed by atoms with Crippen LogP contribution in [0.15, 0.2) is 64.5 Å². The van der Waals surface area contributed by atoms with Crippen molar-refractivity contribution < 1.29 is 5.11 Å². The van der Waals surface area contributed by atoms with Crippen molar-refractivity contribution in [3.63, 3.8) is 0 Å². The molecule has 0 fully saturated rings. The average molecular weight is 416 g/mol. The number of fused-ring (bicyclic) bond motifs is 1. The van der Waals surface area contributed by atoms with Crippen LogP contribution >= 0.6 is 0 Å². The summed E-state index contributed by atoms with van der Waals surface area (Å²) in [5, 5.41) is 13.7. The third-order valence-electron chi connectivity index (χ3n) is 5.18. The molecular formula is C23H24N6O2. The number of anilines is 1. The van der Waals surface area contributed by atoms with Gasteiger partial charge in [0, 0.05) is 25.4 Å². The van der Waals surface area contributed by atoms with Crippen LogP contribution in [0.25, 0.3) is 22.4 Å². The van der Waals surface area contributed by atoms with Crippen molar-refractivity contribution >= 4 is 22.6 Å². The largest absolute Gasteiger partial charge is 0.387 e. The van der Waals surface area contributed by atoms with Crippen molar-refractivity contribution in [2.24, 2.45) is 10.7 Å². The summed E-state index contributed by atoms with van der Waals surface area (Å²) in [6.45, 7) is 2.18. The van der Waals surface area contributed by atoms with E-state index in [9.17, 15) is 9.90 Å². The van der Waals surface area contributed by atoms with Crippen LogP contribution in [-0.2, 0) is 0 Å². The number of aromatic amines is 2. The minimum absolute atomic E-state index is 0.243. The molecule has 0 saturated heterocycles. The quantitative estimate of drug-likeness (QED) is 0.244. The number of amidine groups is 1. The molecule has 0 bridgehead atoms. The molecule has 0 amide bonds. The van der Waals surface area contributed by atoms with Crippen LogP contribution in [0.1, 0.15) is 22.8 Å². The van der Waals surface area contributed by atoms with Gasteiger partial charge < -0.3 is 26.1 Å². The molecule has 0 saturated carbocycles. The molecule has 1 atom stereocenters. The molecule has 8 nitrogen and oxygen atoms in total. The smallest absolute Gasteiger partial charge is 0.261 e. The maximum Gasteiger partial charge on any atom is 0.261 e. The predicted molar refractivity (Wildman–Crippen MR) is 123 cm³/mol. The van der Waals surface area contributed by atoms with E-state index in [-0.39, 0.29) is 12.1 Å². The molecule has 6 N–H and O–H groups in total. The highest BCUT2D eigenvalue weighted by atomic mass is 16.3. The van der Waals surface area contributed by atoms with Gasteiger partial charge in [0.1, 0.15) is 17.2 Å². The van der Waals surface area contributed by atoms with Gasteiger partial charge in [0.05, 0.1) is 22.8 Å². The van der Waals surface area contributed by atoms with Gasteiger partial charge in [0.2, 0.25) is 0 Å². The Kier molecular flexibility index (Phi) is 5.55. The highest BCUT2D eigenvalue weighted by Gasteiger charge is 2.17. The third kappa shape index (κ3) is 4.06. The number of aliphatic imine (C=N–C) groups is 1. The summed E-state index contributed by atoms with van der Waals surface area (Å²) in [4.78, 5) is 27.3. The second kappa shape index (κ2) is 8.45. The predicted octanol–water partition coefficient (Wildman–Crippen LogP) is 2.71. The first kappa shape index (κ1) is 20.4. The second-order valence-electron chi connectivity index (χ2n) is 7.29. The van der Waals surface area contributed by atoms with Gasteiger partial charge in [0.15, 0.2) is 0 Å². The van der Waals surface area contributed by atoms with Crippen molar-refractivity contribution in [2.75, 3.05) is 18.9 Å². The molecule has 0 aliphatic carbocycles. The molecule has 2 aromatic heterocycles. The highest BCUT2D eigenvalue weighted by Crippen LogP contribution is 2.27. The van der Waals surface area contributed by atoms with Gasteiger partial charge in [0.25, 0.3) is 5.56 Å². The maximum atomic E-state index is 12.7. The van der Waals surface area contributed by atoms with Crippen LogP contribution in [0.5, 0.6) is 0 Å². The lowest BCUT2D eigenvalue weighted by atomic mass is 10.1. The summed E-state index contributed by atoms with van der Waals surface area (Å²) in [7, 11) is 1.64. The SMILES string of the molecule is CN=C(N)c1cc(C)c2nc(-c3c(NCC(O)c4ccccc4)cc[nH]c3=O)[nH]c2c1. The normalized spacial score (nSPS) is 12.8. The van der Waals surface area contributed by atoms with Crippen molar-refractivity contribution in [1.82, 2.24) is 15.0 Å². The Morgan fingerprint density at radius 1 is 1.26 bits per heavy atom. The number of nitrogens with two attached hydrogens (primary N) is 1. The van der Waals surface area contributed by atoms with Crippen molar-refractivity contribution in [1.29, 1.82) is 0 Å². The number of rotatable bonds is 6. The zero-order valence-corrected chi connectivity index (χ0v) is 17.3. The molecule has 4 rings (SSSR count). The Labute approximate surface area is 178 Å². The van der Waals surface area contributed by atoms with E-state index in [0.717, 1.165) is 27.7 Å². The molecule has 8 heteroatoms. The van der Waals surface area contributed by atoms with E-state index in [4.69, 9.17) is 5.73 Å². The van der Waals surface area contributed by atoms with Gasteiger partial charge in [-0.2, -0.15) is 0 Å². The van der Waals surface area contributed by atoms with Crippen LogP contribution in [0.3, 0.4) is 0 Å². The van der Waals surface area contributed by atoms with E-state index in [1.54, 1.807) is 19.3 Å². The number of hydrogen-bond acceptors (Lipinski definition) is 5. The Morgan fingerprint density at radius 2 is 2.03 bits per heavy atom. The van der Waals surface area contributed by atoms with Crippen molar-refractivity contribution in [3.05, 3.63) is 81.8 Å². The lowest BCUT2D eigenvalue weighted by Crippen LogP contribution is -2.17. The maximum absolute atomic E-state index is 12.7. The van der Waals surface area contributed by atoms with E-state index in [0.29, 0.717) is 22.9 Å². The van der Waals surface area contributed by atoms with Crippen LogP contribution in [0.2, 0.25) is 0 Å². The molecule has 0 radical (unpaired) electrons. The number of nitrogens with one attached hydrogen (secondary N) is 3. The van der Waals surface area contributed by atoms with Gasteiger partial charge >= 0.3 is 0 Å². The summed E-state index contributed by atoms with van der Waals surface area (Å²) in [5.41, 5.74) is 10.6. The molecule has 0 spiro atoms. The number of benzene rings is 2. The third-order valence-corrected chi connectivity index (χ3v) is 5.18. The first-order chi connectivity index (χ1) is 15.0. The summed E-state index contributed by atoms with van der Waals surface area (Å²) in [5.74, 6) is 0.858. The number of aryl methyl sites for hydroxylation is 1. The number of aromatic nitrogens is 3. The number of nitrogens with zero attached hydrogens (tertiary/aromatic N) is 2. The van der Waals surface area contributed by atoms with E-state index in [2.05, 4.69) is 25.3 Å². The standard InChI is InChI=1S/C23H24N6O2/c1-13-10-15(21(24)25-2)11-17-20(13)29-22(28-17)19-16(8-9-26-23(19)31)27-12-18(30)14-6-4-3-5-7-14/h3-11,18,30H,12H2,1-2H3,(H2,24,25)(H,28,29)(H2,26,27,31). The molecule has 158 valence electrons. The molecule has 4 aromatic rings. The number of hydrogen-bond donors (Lipinski definition) is 5. The monoisotopic (exact) mass is 416 g/mol. The molecule has 31 heavy (non-hydrogen) atoms. The Morgan fingerprint density at radius 3 is 2.77 bits per heavy atom. The fraction of sp³-hybridized carbons (Fsp3) is 0.174. The van der Waals surface area contributed by atoms with E-state index in [1.807, 2.05) is 49.4 Å². The molecule has 1 unspecified atom stereocenters. The molecular weight excluding hydrogens is 392 g/mol. The number of aliphatic hydroxyl groups excluding tert-OH is 1. The zero-order valence-electron chi connectivity index (χ0n) is 17.3. The molecule has 2 aromatic carbocycles. The lowest BCUT2D eigenvalue weighted by Gasteiger charge is -2.14. The Hall–Kier alpha value is -3.91. The summed E-state index contributed by atoms with van der Waals surface area (Å²) < 4.78 is 0. The van der Waals surface area contributed by atoms with Gasteiger partial charge in [-0.1, -0.05) is 30.3 Å². The second-order valence-corrected chi connectivity index (χ2v) is 7.29. The van der Waals surface area contributed by atoms with Crippen LogP contribution in [0.4, 0.5) is 5.69 Å². The van der Waals surface area contributed by atoms with Crippen LogP contribution in [-0.4, -0.2) is 39.5 Å². The first-order valence-electron chi connectivity index (χ1n) is 9.90. The Balaban J connectivity index is 1.71. The summed E-state index contributed by atoms with van der Waals surface area (Å²) >= 11 is 0. The fourth-order valence-corrected chi connectivity index (χ4v) is 3.55. The lowest BCUT2D eigenvalue weighted by molar-refractivity contribution is 0.191.